The van der Waals surface area contributed by atoms with Gasteiger partial charge in [-0.15, -0.1) is 0 Å². The average molecular weight is 393 g/mol. The van der Waals surface area contributed by atoms with Gasteiger partial charge in [-0.1, -0.05) is 30.3 Å². The molecule has 6 nitrogen and oxygen atoms in total. The number of carbonyl (C=O) groups is 1. The number of nitrogens with one attached hydrogen (secondary N) is 1. The van der Waals surface area contributed by atoms with Crippen LogP contribution in [0.2, 0.25) is 0 Å². The second kappa shape index (κ2) is 9.78. The molecule has 29 heavy (non-hydrogen) atoms. The highest BCUT2D eigenvalue weighted by molar-refractivity contribution is 5.94. The lowest BCUT2D eigenvalue weighted by molar-refractivity contribution is 0.0953. The molecular weight excluding hydrogens is 366 g/mol. The number of carbonyl (C=O) groups excluding carboxylic acids is 1. The van der Waals surface area contributed by atoms with Crippen LogP contribution in [0.25, 0.3) is 0 Å². The Kier molecular flexibility index (Phi) is 6.89. The molecule has 0 radical (unpaired) electrons. The highest BCUT2D eigenvalue weighted by Gasteiger charge is 2.12. The van der Waals surface area contributed by atoms with Gasteiger partial charge < -0.3 is 19.4 Å². The fraction of sp³-hybridized carbons (Fsp3) is 0.304. The maximum Gasteiger partial charge on any atom is 0.251 e. The van der Waals surface area contributed by atoms with Crippen LogP contribution in [0.5, 0.6) is 11.5 Å². The van der Waals surface area contributed by atoms with Crippen molar-refractivity contribution in [3.63, 3.8) is 0 Å². The molecule has 1 N–H and O–H groups in total. The third-order valence-electron chi connectivity index (χ3n) is 4.42. The SMILES string of the molecule is COc1cc(C(=O)NCCc2nccn2Cc2ccccc2)ccc1OC(C)C. The van der Waals surface area contributed by atoms with E-state index in [9.17, 15) is 4.79 Å². The first kappa shape index (κ1) is 20.5. The van der Waals surface area contributed by atoms with Crippen molar-refractivity contribution in [3.8, 4) is 11.5 Å². The molecular formula is C23H27N3O3. The quantitative estimate of drug-likeness (QED) is 0.602. The molecule has 1 aromatic heterocycles. The van der Waals surface area contributed by atoms with E-state index in [0.29, 0.717) is 30.0 Å². The zero-order chi connectivity index (χ0) is 20.6. The first-order valence-corrected chi connectivity index (χ1v) is 9.73. The summed E-state index contributed by atoms with van der Waals surface area (Å²) in [5, 5.41) is 2.95. The predicted molar refractivity (Wildman–Crippen MR) is 113 cm³/mol. The van der Waals surface area contributed by atoms with E-state index in [1.807, 2.05) is 38.2 Å². The van der Waals surface area contributed by atoms with Gasteiger partial charge in [0.2, 0.25) is 0 Å². The molecule has 6 heteroatoms. The van der Waals surface area contributed by atoms with Crippen molar-refractivity contribution in [1.82, 2.24) is 14.9 Å². The molecule has 0 aliphatic heterocycles. The van der Waals surface area contributed by atoms with E-state index in [2.05, 4.69) is 27.0 Å². The number of amides is 1. The van der Waals surface area contributed by atoms with Crippen molar-refractivity contribution in [2.75, 3.05) is 13.7 Å². The van der Waals surface area contributed by atoms with Gasteiger partial charge in [-0.3, -0.25) is 4.79 Å². The number of hydrogen-bond donors (Lipinski definition) is 1. The van der Waals surface area contributed by atoms with E-state index in [1.165, 1.54) is 5.56 Å². The summed E-state index contributed by atoms with van der Waals surface area (Å²) < 4.78 is 13.1. The Labute approximate surface area is 171 Å². The van der Waals surface area contributed by atoms with E-state index in [1.54, 1.807) is 31.5 Å². The summed E-state index contributed by atoms with van der Waals surface area (Å²) in [5.74, 6) is 1.96. The first-order chi connectivity index (χ1) is 14.1. The molecule has 3 rings (SSSR count). The van der Waals surface area contributed by atoms with E-state index >= 15 is 0 Å². The third-order valence-corrected chi connectivity index (χ3v) is 4.42. The maximum atomic E-state index is 12.5. The second-order valence-corrected chi connectivity index (χ2v) is 7.00. The number of aromatic nitrogens is 2. The summed E-state index contributed by atoms with van der Waals surface area (Å²) in [4.78, 5) is 16.9. The molecule has 1 amide bonds. The summed E-state index contributed by atoms with van der Waals surface area (Å²) in [5.41, 5.74) is 1.75. The van der Waals surface area contributed by atoms with Gasteiger partial charge in [0, 0.05) is 37.5 Å². The molecule has 0 unspecified atom stereocenters. The van der Waals surface area contributed by atoms with Crippen molar-refractivity contribution in [3.05, 3.63) is 77.9 Å². The molecule has 3 aromatic rings. The molecule has 152 valence electrons. The first-order valence-electron chi connectivity index (χ1n) is 9.73. The van der Waals surface area contributed by atoms with E-state index in [4.69, 9.17) is 9.47 Å². The number of hydrogen-bond acceptors (Lipinski definition) is 4. The number of ether oxygens (including phenoxy) is 2. The minimum absolute atomic E-state index is 0.0307. The predicted octanol–water partition coefficient (Wildman–Crippen LogP) is 3.70. The topological polar surface area (TPSA) is 65.4 Å². The largest absolute Gasteiger partial charge is 0.493 e. The zero-order valence-corrected chi connectivity index (χ0v) is 17.1. The Morgan fingerprint density at radius 3 is 2.66 bits per heavy atom. The van der Waals surface area contributed by atoms with E-state index in [0.717, 1.165) is 12.4 Å². The highest BCUT2D eigenvalue weighted by atomic mass is 16.5. The molecule has 1 heterocycles. The van der Waals surface area contributed by atoms with Crippen LogP contribution in [0.4, 0.5) is 0 Å². The van der Waals surface area contributed by atoms with Crippen molar-refractivity contribution < 1.29 is 14.3 Å². The fourth-order valence-electron chi connectivity index (χ4n) is 3.04. The van der Waals surface area contributed by atoms with Crippen molar-refractivity contribution in [2.45, 2.75) is 32.9 Å². The Morgan fingerprint density at radius 2 is 1.93 bits per heavy atom. The second-order valence-electron chi connectivity index (χ2n) is 7.00. The van der Waals surface area contributed by atoms with Gasteiger partial charge in [-0.2, -0.15) is 0 Å². The van der Waals surface area contributed by atoms with Crippen molar-refractivity contribution in [2.24, 2.45) is 0 Å². The summed E-state index contributed by atoms with van der Waals surface area (Å²) in [6.45, 7) is 5.15. The molecule has 0 saturated carbocycles. The standard InChI is InChI=1S/C23H27N3O3/c1-17(2)29-20-10-9-19(15-21(20)28-3)23(27)25-12-11-22-24-13-14-26(22)16-18-7-5-4-6-8-18/h4-10,13-15,17H,11-12,16H2,1-3H3,(H,25,27). The number of rotatable bonds is 9. The maximum absolute atomic E-state index is 12.5. The van der Waals surface area contributed by atoms with Crippen LogP contribution in [0, 0.1) is 0 Å². The van der Waals surface area contributed by atoms with Crippen LogP contribution < -0.4 is 14.8 Å². The van der Waals surface area contributed by atoms with Crippen LogP contribution in [0.15, 0.2) is 60.9 Å². The van der Waals surface area contributed by atoms with Gasteiger partial charge in [-0.05, 0) is 37.6 Å². The molecule has 0 saturated heterocycles. The molecule has 0 bridgehead atoms. The third kappa shape index (κ3) is 5.60. The smallest absolute Gasteiger partial charge is 0.251 e. The zero-order valence-electron chi connectivity index (χ0n) is 17.1. The van der Waals surface area contributed by atoms with Crippen LogP contribution in [-0.2, 0) is 13.0 Å². The van der Waals surface area contributed by atoms with Gasteiger partial charge >= 0.3 is 0 Å². The number of nitrogens with zero attached hydrogens (tertiary/aromatic N) is 2. The minimum Gasteiger partial charge on any atom is -0.493 e. The van der Waals surface area contributed by atoms with Crippen LogP contribution in [0.3, 0.4) is 0 Å². The van der Waals surface area contributed by atoms with Gasteiger partial charge in [0.1, 0.15) is 5.82 Å². The van der Waals surface area contributed by atoms with E-state index in [-0.39, 0.29) is 12.0 Å². The van der Waals surface area contributed by atoms with Gasteiger partial charge in [0.15, 0.2) is 11.5 Å². The Morgan fingerprint density at radius 1 is 1.14 bits per heavy atom. The fourth-order valence-corrected chi connectivity index (χ4v) is 3.04. The Hall–Kier alpha value is -3.28. The lowest BCUT2D eigenvalue weighted by Crippen LogP contribution is -2.26. The highest BCUT2D eigenvalue weighted by Crippen LogP contribution is 2.28. The number of imidazole rings is 1. The van der Waals surface area contributed by atoms with Crippen molar-refractivity contribution >= 4 is 5.91 Å². The summed E-state index contributed by atoms with van der Waals surface area (Å²) >= 11 is 0. The van der Waals surface area contributed by atoms with E-state index < -0.39 is 0 Å². The Bertz CT molecular complexity index is 936. The van der Waals surface area contributed by atoms with Crippen molar-refractivity contribution in [1.29, 1.82) is 0 Å². The summed E-state index contributed by atoms with van der Waals surface area (Å²) in [6.07, 6.45) is 4.43. The molecule has 0 aliphatic rings. The monoisotopic (exact) mass is 393 g/mol. The minimum atomic E-state index is -0.152. The lowest BCUT2D eigenvalue weighted by atomic mass is 10.2. The molecule has 2 aromatic carbocycles. The van der Waals surface area contributed by atoms with Gasteiger partial charge in [-0.25, -0.2) is 4.98 Å². The Balaban J connectivity index is 1.57. The van der Waals surface area contributed by atoms with Crippen LogP contribution in [0.1, 0.15) is 35.6 Å². The number of methoxy groups -OCH3 is 1. The van der Waals surface area contributed by atoms with Crippen LogP contribution >= 0.6 is 0 Å². The normalized spacial score (nSPS) is 10.8. The number of benzene rings is 2. The van der Waals surface area contributed by atoms with Gasteiger partial charge in [0.05, 0.1) is 13.2 Å². The molecule has 0 atom stereocenters. The average Bonchev–Trinajstić information content (AvgIpc) is 3.15. The molecule has 0 fully saturated rings. The summed E-state index contributed by atoms with van der Waals surface area (Å²) in [7, 11) is 1.57. The summed E-state index contributed by atoms with van der Waals surface area (Å²) in [6, 6.07) is 15.4. The lowest BCUT2D eigenvalue weighted by Gasteiger charge is -2.14. The van der Waals surface area contributed by atoms with Crippen LogP contribution in [-0.4, -0.2) is 35.2 Å². The van der Waals surface area contributed by atoms with Gasteiger partial charge in [0.25, 0.3) is 5.91 Å². The molecule has 0 aliphatic carbocycles. The molecule has 0 spiro atoms.